The Labute approximate surface area is 98.0 Å². The Balaban J connectivity index is 3.04. The molecule has 0 unspecified atom stereocenters. The molecule has 0 radical (unpaired) electrons. The molecule has 0 bridgehead atoms. The molecule has 2 nitrogen and oxygen atoms in total. The molecule has 0 aliphatic carbocycles. The zero-order valence-electron chi connectivity index (χ0n) is 8.76. The van der Waals surface area contributed by atoms with Crippen LogP contribution in [0.4, 0.5) is 26.3 Å². The van der Waals surface area contributed by atoms with Crippen LogP contribution in [0.15, 0.2) is 24.3 Å². The SMILES string of the molecule is N[C@H](c1cccc(C(F)(F)F)c1)[C@@H](O)C(F)(F)F. The van der Waals surface area contributed by atoms with Crippen LogP contribution in [0.5, 0.6) is 0 Å². The first-order valence-electron chi connectivity index (χ1n) is 4.71. The number of halogens is 6. The van der Waals surface area contributed by atoms with E-state index in [-0.39, 0.29) is 0 Å². The molecule has 102 valence electrons. The molecule has 18 heavy (non-hydrogen) atoms. The van der Waals surface area contributed by atoms with E-state index in [1.54, 1.807) is 0 Å². The first-order chi connectivity index (χ1) is 8.03. The van der Waals surface area contributed by atoms with Crippen molar-refractivity contribution in [3.8, 4) is 0 Å². The van der Waals surface area contributed by atoms with Crippen molar-refractivity contribution in [2.24, 2.45) is 5.73 Å². The van der Waals surface area contributed by atoms with Crippen molar-refractivity contribution >= 4 is 0 Å². The van der Waals surface area contributed by atoms with Gasteiger partial charge in [0.05, 0.1) is 11.6 Å². The van der Waals surface area contributed by atoms with E-state index in [2.05, 4.69) is 0 Å². The van der Waals surface area contributed by atoms with Gasteiger partial charge < -0.3 is 10.8 Å². The fourth-order valence-electron chi connectivity index (χ4n) is 1.31. The van der Waals surface area contributed by atoms with E-state index in [1.165, 1.54) is 0 Å². The molecule has 3 N–H and O–H groups in total. The molecule has 2 atom stereocenters. The molecule has 1 aromatic carbocycles. The quantitative estimate of drug-likeness (QED) is 0.814. The highest BCUT2D eigenvalue weighted by Crippen LogP contribution is 2.33. The van der Waals surface area contributed by atoms with Crippen LogP contribution in [-0.4, -0.2) is 17.4 Å². The maximum absolute atomic E-state index is 12.3. The van der Waals surface area contributed by atoms with Crippen LogP contribution in [0.2, 0.25) is 0 Å². The number of hydrogen-bond acceptors (Lipinski definition) is 2. The third-order valence-corrected chi connectivity index (χ3v) is 2.27. The van der Waals surface area contributed by atoms with Gasteiger partial charge in [-0.2, -0.15) is 26.3 Å². The fraction of sp³-hybridized carbons (Fsp3) is 0.400. The number of aliphatic hydroxyl groups is 1. The summed E-state index contributed by atoms with van der Waals surface area (Å²) in [5, 5.41) is 8.87. The van der Waals surface area contributed by atoms with Crippen molar-refractivity contribution in [2.45, 2.75) is 24.5 Å². The summed E-state index contributed by atoms with van der Waals surface area (Å²) in [6.07, 6.45) is -12.6. The highest BCUT2D eigenvalue weighted by molar-refractivity contribution is 5.28. The Kier molecular flexibility index (Phi) is 3.92. The summed E-state index contributed by atoms with van der Waals surface area (Å²) in [6, 6.07) is 1.15. The van der Waals surface area contributed by atoms with Gasteiger partial charge in [0, 0.05) is 0 Å². The summed E-state index contributed by atoms with van der Waals surface area (Å²) in [4.78, 5) is 0. The van der Waals surface area contributed by atoms with Crippen molar-refractivity contribution < 1.29 is 31.4 Å². The first kappa shape index (κ1) is 14.8. The van der Waals surface area contributed by atoms with Gasteiger partial charge in [-0.25, -0.2) is 0 Å². The lowest BCUT2D eigenvalue weighted by Gasteiger charge is -2.22. The molecular weight excluding hydrogens is 264 g/mol. The van der Waals surface area contributed by atoms with Gasteiger partial charge in [-0.3, -0.25) is 0 Å². The van der Waals surface area contributed by atoms with E-state index >= 15 is 0 Å². The normalized spacial score (nSPS) is 16.4. The third-order valence-electron chi connectivity index (χ3n) is 2.27. The fourth-order valence-corrected chi connectivity index (χ4v) is 1.31. The molecule has 0 saturated carbocycles. The third kappa shape index (κ3) is 3.36. The number of alkyl halides is 6. The minimum absolute atomic E-state index is 0.436. The van der Waals surface area contributed by atoms with Crippen molar-refractivity contribution in [2.75, 3.05) is 0 Å². The van der Waals surface area contributed by atoms with Crippen LogP contribution in [-0.2, 0) is 6.18 Å². The zero-order valence-corrected chi connectivity index (χ0v) is 8.76. The summed E-state index contributed by atoms with van der Waals surface area (Å²) in [5.74, 6) is 0. The van der Waals surface area contributed by atoms with Crippen molar-refractivity contribution in [1.82, 2.24) is 0 Å². The topological polar surface area (TPSA) is 46.2 Å². The van der Waals surface area contributed by atoms with Gasteiger partial charge >= 0.3 is 12.4 Å². The van der Waals surface area contributed by atoms with E-state index in [4.69, 9.17) is 10.8 Å². The van der Waals surface area contributed by atoms with E-state index in [0.717, 1.165) is 12.1 Å². The average Bonchev–Trinajstić information content (AvgIpc) is 2.25. The molecule has 0 heterocycles. The van der Waals surface area contributed by atoms with Gasteiger partial charge in [0.15, 0.2) is 6.10 Å². The Morgan fingerprint density at radius 1 is 1.06 bits per heavy atom. The predicted octanol–water partition coefficient (Wildman–Crippen LogP) is 2.63. The smallest absolute Gasteiger partial charge is 0.382 e. The largest absolute Gasteiger partial charge is 0.416 e. The maximum atomic E-state index is 12.3. The number of aliphatic hydroxyl groups excluding tert-OH is 1. The molecule has 1 aromatic rings. The molecule has 0 saturated heterocycles. The van der Waals surface area contributed by atoms with Crippen LogP contribution in [0.3, 0.4) is 0 Å². The van der Waals surface area contributed by atoms with E-state index in [0.29, 0.717) is 12.1 Å². The molecule has 0 fully saturated rings. The average molecular weight is 273 g/mol. The van der Waals surface area contributed by atoms with Crippen LogP contribution >= 0.6 is 0 Å². The molecular formula is C10H9F6NO. The second-order valence-corrected chi connectivity index (χ2v) is 3.64. The molecule has 1 rings (SSSR count). The predicted molar refractivity (Wildman–Crippen MR) is 50.4 cm³/mol. The molecule has 0 aromatic heterocycles. The van der Waals surface area contributed by atoms with Crippen LogP contribution < -0.4 is 5.73 Å². The maximum Gasteiger partial charge on any atom is 0.416 e. The standard InChI is InChI=1S/C10H9F6NO/c11-9(12,13)6-3-1-2-5(4-6)7(17)8(18)10(14,15)16/h1-4,7-8,18H,17H2/t7-,8-/m1/s1. The first-order valence-corrected chi connectivity index (χ1v) is 4.71. The summed E-state index contributed by atoms with van der Waals surface area (Å²) < 4.78 is 73.5. The van der Waals surface area contributed by atoms with Crippen LogP contribution in [0, 0.1) is 0 Å². The minimum atomic E-state index is -4.99. The molecule has 0 aliphatic rings. The molecule has 0 aliphatic heterocycles. The Bertz CT molecular complexity index is 414. The summed E-state index contributed by atoms with van der Waals surface area (Å²) in [6.45, 7) is 0. The highest BCUT2D eigenvalue weighted by Gasteiger charge is 2.43. The van der Waals surface area contributed by atoms with E-state index in [9.17, 15) is 26.3 Å². The van der Waals surface area contributed by atoms with E-state index < -0.39 is 35.6 Å². The number of hydrogen-bond donors (Lipinski definition) is 2. The monoisotopic (exact) mass is 273 g/mol. The summed E-state index contributed by atoms with van der Waals surface area (Å²) >= 11 is 0. The van der Waals surface area contributed by atoms with Gasteiger partial charge in [0.2, 0.25) is 0 Å². The van der Waals surface area contributed by atoms with Gasteiger partial charge in [-0.1, -0.05) is 12.1 Å². The zero-order chi connectivity index (χ0) is 14.1. The van der Waals surface area contributed by atoms with Gasteiger partial charge in [0.1, 0.15) is 0 Å². The number of rotatable bonds is 2. The molecule has 0 amide bonds. The lowest BCUT2D eigenvalue weighted by Crippen LogP contribution is -2.38. The summed E-state index contributed by atoms with van der Waals surface area (Å²) in [7, 11) is 0. The lowest BCUT2D eigenvalue weighted by molar-refractivity contribution is -0.210. The molecule has 0 spiro atoms. The summed E-state index contributed by atoms with van der Waals surface area (Å²) in [5.41, 5.74) is 3.54. The van der Waals surface area contributed by atoms with Gasteiger partial charge in [-0.05, 0) is 17.7 Å². The van der Waals surface area contributed by atoms with E-state index in [1.807, 2.05) is 0 Å². The van der Waals surface area contributed by atoms with Crippen molar-refractivity contribution in [3.05, 3.63) is 35.4 Å². The van der Waals surface area contributed by atoms with Crippen LogP contribution in [0.1, 0.15) is 17.2 Å². The highest BCUT2D eigenvalue weighted by atomic mass is 19.4. The van der Waals surface area contributed by atoms with Crippen LogP contribution in [0.25, 0.3) is 0 Å². The van der Waals surface area contributed by atoms with Gasteiger partial charge in [-0.15, -0.1) is 0 Å². The second kappa shape index (κ2) is 4.77. The number of nitrogens with two attached hydrogens (primary N) is 1. The minimum Gasteiger partial charge on any atom is -0.382 e. The van der Waals surface area contributed by atoms with Crippen molar-refractivity contribution in [3.63, 3.8) is 0 Å². The Morgan fingerprint density at radius 2 is 1.61 bits per heavy atom. The van der Waals surface area contributed by atoms with Gasteiger partial charge in [0.25, 0.3) is 0 Å². The Morgan fingerprint density at radius 3 is 2.06 bits per heavy atom. The lowest BCUT2D eigenvalue weighted by atomic mass is 9.99. The van der Waals surface area contributed by atoms with Crippen molar-refractivity contribution in [1.29, 1.82) is 0 Å². The Hall–Kier alpha value is -1.28. The molecule has 8 heteroatoms. The number of benzene rings is 1. The second-order valence-electron chi connectivity index (χ2n) is 3.64.